The molecule has 2 aromatic rings. The summed E-state index contributed by atoms with van der Waals surface area (Å²) >= 11 is 0. The van der Waals surface area contributed by atoms with Crippen LogP contribution in [0.25, 0.3) is 0 Å². The number of nitrogens with one attached hydrogen (secondary N) is 1. The number of alkyl halides is 2. The largest absolute Gasteiger partial charge is 0.434 e. The highest BCUT2D eigenvalue weighted by molar-refractivity contribution is 6.00. The number of para-hydroxylation sites is 1. The predicted molar refractivity (Wildman–Crippen MR) is 116 cm³/mol. The van der Waals surface area contributed by atoms with Gasteiger partial charge in [0.1, 0.15) is 11.8 Å². The van der Waals surface area contributed by atoms with Crippen LogP contribution in [-0.4, -0.2) is 60.4 Å². The third-order valence-corrected chi connectivity index (χ3v) is 6.09. The van der Waals surface area contributed by atoms with Crippen LogP contribution >= 0.6 is 0 Å². The summed E-state index contributed by atoms with van der Waals surface area (Å²) in [5.74, 6) is -0.851. The second-order valence-electron chi connectivity index (χ2n) is 8.12. The van der Waals surface area contributed by atoms with Crippen LogP contribution in [0.3, 0.4) is 0 Å². The van der Waals surface area contributed by atoms with Crippen LogP contribution < -0.4 is 10.1 Å². The summed E-state index contributed by atoms with van der Waals surface area (Å²) in [5.41, 5.74) is 2.74. The molecule has 2 aliphatic rings. The number of amides is 2. The molecule has 0 aromatic heterocycles. The van der Waals surface area contributed by atoms with Gasteiger partial charge in [0.05, 0.1) is 5.56 Å². The van der Waals surface area contributed by atoms with Crippen molar-refractivity contribution < 1.29 is 23.1 Å². The van der Waals surface area contributed by atoms with Gasteiger partial charge in [-0.25, -0.2) is 0 Å². The van der Waals surface area contributed by atoms with Crippen molar-refractivity contribution in [2.24, 2.45) is 0 Å². The zero-order chi connectivity index (χ0) is 22.5. The summed E-state index contributed by atoms with van der Waals surface area (Å²) in [4.78, 5) is 29.6. The van der Waals surface area contributed by atoms with Gasteiger partial charge >= 0.3 is 6.61 Å². The first kappa shape index (κ1) is 22.2. The van der Waals surface area contributed by atoms with Crippen LogP contribution in [0.1, 0.15) is 34.3 Å². The maximum Gasteiger partial charge on any atom is 0.387 e. The molecule has 1 fully saturated rings. The minimum Gasteiger partial charge on any atom is -0.434 e. The molecule has 170 valence electrons. The lowest BCUT2D eigenvalue weighted by Crippen LogP contribution is -2.47. The van der Waals surface area contributed by atoms with Crippen molar-refractivity contribution in [3.63, 3.8) is 0 Å². The molecule has 2 aromatic carbocycles. The molecule has 1 unspecified atom stereocenters. The maximum atomic E-state index is 13.0. The van der Waals surface area contributed by atoms with E-state index >= 15 is 0 Å². The number of benzene rings is 2. The minimum absolute atomic E-state index is 0.0412. The van der Waals surface area contributed by atoms with Gasteiger partial charge in [0, 0.05) is 32.7 Å². The highest BCUT2D eigenvalue weighted by atomic mass is 19.3. The summed E-state index contributed by atoms with van der Waals surface area (Å²) in [7, 11) is 0. The lowest BCUT2D eigenvalue weighted by Gasteiger charge is -2.29. The number of hydrogen-bond acceptors (Lipinski definition) is 4. The second kappa shape index (κ2) is 10.1. The van der Waals surface area contributed by atoms with E-state index in [0.717, 1.165) is 26.1 Å². The van der Waals surface area contributed by atoms with Gasteiger partial charge < -0.3 is 15.0 Å². The molecule has 0 radical (unpaired) electrons. The number of carbonyl (C=O) groups is 2. The van der Waals surface area contributed by atoms with Crippen LogP contribution in [0.4, 0.5) is 8.78 Å². The number of ether oxygens (including phenoxy) is 1. The van der Waals surface area contributed by atoms with Gasteiger partial charge in [0.2, 0.25) is 5.91 Å². The molecular weight excluding hydrogens is 416 g/mol. The van der Waals surface area contributed by atoms with Gasteiger partial charge in [-0.15, -0.1) is 0 Å². The van der Waals surface area contributed by atoms with Crippen LogP contribution in [0, 0.1) is 0 Å². The fourth-order valence-corrected chi connectivity index (χ4v) is 4.48. The summed E-state index contributed by atoms with van der Waals surface area (Å²) in [6.07, 6.45) is 2.23. The van der Waals surface area contributed by atoms with E-state index in [-0.39, 0.29) is 17.2 Å². The van der Waals surface area contributed by atoms with Crippen molar-refractivity contribution in [2.45, 2.75) is 38.5 Å². The molecule has 0 saturated carbocycles. The molecule has 2 aliphatic heterocycles. The van der Waals surface area contributed by atoms with Gasteiger partial charge in [-0.3, -0.25) is 14.5 Å². The smallest absolute Gasteiger partial charge is 0.387 e. The van der Waals surface area contributed by atoms with Crippen LogP contribution in [-0.2, 0) is 17.8 Å². The monoisotopic (exact) mass is 443 g/mol. The van der Waals surface area contributed by atoms with E-state index < -0.39 is 18.6 Å². The van der Waals surface area contributed by atoms with E-state index in [1.165, 1.54) is 34.2 Å². The third-order valence-electron chi connectivity index (χ3n) is 6.09. The number of hydrogen-bond donors (Lipinski definition) is 1. The van der Waals surface area contributed by atoms with Crippen molar-refractivity contribution in [1.82, 2.24) is 15.1 Å². The zero-order valence-electron chi connectivity index (χ0n) is 17.8. The Morgan fingerprint density at radius 2 is 1.81 bits per heavy atom. The predicted octanol–water partition coefficient (Wildman–Crippen LogP) is 3.07. The molecule has 2 heterocycles. The van der Waals surface area contributed by atoms with E-state index in [2.05, 4.69) is 33.2 Å². The average Bonchev–Trinajstić information content (AvgIpc) is 3.28. The Labute approximate surface area is 186 Å². The van der Waals surface area contributed by atoms with E-state index in [4.69, 9.17) is 0 Å². The molecule has 32 heavy (non-hydrogen) atoms. The quantitative estimate of drug-likeness (QED) is 0.715. The molecule has 1 atom stereocenters. The summed E-state index contributed by atoms with van der Waals surface area (Å²) in [5, 5.41) is 2.95. The SMILES string of the molecule is O=C(NCCN1CCc2ccccc2C1)C1CCCN1C(=O)c1ccccc1OC(F)F. The minimum atomic E-state index is -3.02. The Kier molecular flexibility index (Phi) is 6.99. The van der Waals surface area contributed by atoms with Crippen LogP contribution in [0.2, 0.25) is 0 Å². The van der Waals surface area contributed by atoms with Crippen LogP contribution in [0.15, 0.2) is 48.5 Å². The lowest BCUT2D eigenvalue weighted by atomic mass is 10.00. The van der Waals surface area contributed by atoms with E-state index in [0.29, 0.717) is 25.9 Å². The Balaban J connectivity index is 1.33. The molecule has 1 N–H and O–H groups in total. The van der Waals surface area contributed by atoms with Crippen molar-refractivity contribution in [2.75, 3.05) is 26.2 Å². The molecule has 4 rings (SSSR count). The first-order valence-electron chi connectivity index (χ1n) is 10.9. The number of carbonyl (C=O) groups excluding carboxylic acids is 2. The highest BCUT2D eigenvalue weighted by Crippen LogP contribution is 2.26. The second-order valence-corrected chi connectivity index (χ2v) is 8.12. The molecule has 0 spiro atoms. The Hall–Kier alpha value is -3.00. The zero-order valence-corrected chi connectivity index (χ0v) is 17.8. The topological polar surface area (TPSA) is 61.9 Å². The Morgan fingerprint density at radius 3 is 2.62 bits per heavy atom. The molecular formula is C24H27F2N3O3. The van der Waals surface area contributed by atoms with Gasteiger partial charge in [0.15, 0.2) is 0 Å². The van der Waals surface area contributed by atoms with Gasteiger partial charge in [0.25, 0.3) is 5.91 Å². The summed E-state index contributed by atoms with van der Waals surface area (Å²) in [6.45, 7) is 0.408. The number of nitrogens with zero attached hydrogens (tertiary/aromatic N) is 2. The molecule has 1 saturated heterocycles. The van der Waals surface area contributed by atoms with Gasteiger partial charge in [-0.05, 0) is 42.5 Å². The van der Waals surface area contributed by atoms with Gasteiger partial charge in [-0.2, -0.15) is 8.78 Å². The summed E-state index contributed by atoms with van der Waals surface area (Å²) in [6, 6.07) is 13.7. The average molecular weight is 443 g/mol. The number of rotatable bonds is 7. The number of likely N-dealkylation sites (tertiary alicyclic amines) is 1. The normalized spacial score (nSPS) is 18.5. The Bertz CT molecular complexity index is 969. The lowest BCUT2D eigenvalue weighted by molar-refractivity contribution is -0.124. The number of halogens is 2. The standard InChI is InChI=1S/C24H27F2N3O3/c25-24(26)32-21-10-4-3-8-19(21)23(31)29-13-5-9-20(29)22(30)27-12-15-28-14-11-17-6-1-2-7-18(17)16-28/h1-4,6-8,10,20,24H,5,9,11-16H2,(H,27,30). The Morgan fingerprint density at radius 1 is 1.06 bits per heavy atom. The highest BCUT2D eigenvalue weighted by Gasteiger charge is 2.35. The van der Waals surface area contributed by atoms with Crippen molar-refractivity contribution >= 4 is 11.8 Å². The first-order chi connectivity index (χ1) is 15.5. The molecule has 0 aliphatic carbocycles. The summed E-state index contributed by atoms with van der Waals surface area (Å²) < 4.78 is 29.9. The number of fused-ring (bicyclic) bond motifs is 1. The van der Waals surface area contributed by atoms with Crippen LogP contribution in [0.5, 0.6) is 5.75 Å². The fourth-order valence-electron chi connectivity index (χ4n) is 4.48. The fraction of sp³-hybridized carbons (Fsp3) is 0.417. The van der Waals surface area contributed by atoms with Crippen molar-refractivity contribution in [1.29, 1.82) is 0 Å². The van der Waals surface area contributed by atoms with Crippen molar-refractivity contribution in [3.05, 3.63) is 65.2 Å². The van der Waals surface area contributed by atoms with E-state index in [1.807, 2.05) is 6.07 Å². The third kappa shape index (κ3) is 5.07. The molecule has 0 bridgehead atoms. The molecule has 8 heteroatoms. The molecule has 2 amide bonds. The van der Waals surface area contributed by atoms with Crippen molar-refractivity contribution in [3.8, 4) is 5.75 Å². The first-order valence-corrected chi connectivity index (χ1v) is 10.9. The van der Waals surface area contributed by atoms with E-state index in [9.17, 15) is 18.4 Å². The maximum absolute atomic E-state index is 13.0. The van der Waals surface area contributed by atoms with E-state index in [1.54, 1.807) is 6.07 Å². The van der Waals surface area contributed by atoms with Gasteiger partial charge in [-0.1, -0.05) is 36.4 Å². The molecule has 6 nitrogen and oxygen atoms in total.